The number of para-hydroxylation sites is 1. The van der Waals surface area contributed by atoms with Crippen LogP contribution in [0.2, 0.25) is 0 Å². The Morgan fingerprint density at radius 1 is 1.27 bits per heavy atom. The smallest absolute Gasteiger partial charge is 0.262 e. The van der Waals surface area contributed by atoms with Crippen molar-refractivity contribution >= 4 is 33.3 Å². The molecule has 0 N–H and O–H groups in total. The van der Waals surface area contributed by atoms with Gasteiger partial charge in [0.2, 0.25) is 0 Å². The zero-order chi connectivity index (χ0) is 20.7. The zero-order valence-electron chi connectivity index (χ0n) is 16.8. The topological polar surface area (TPSA) is 73.1 Å². The molecular formula is C22H21N5O2S. The standard InChI is InChI=1S/C22H21N5O2S/c1-26-17-8-9-18-20(16(17)13-24-26)25-22(30-18)27(11-12-29-2)21(28)15-7-3-5-14-6-4-10-23-19(14)15/h3-7,10,13H,8-9,11-12H2,1-2H3. The van der Waals surface area contributed by atoms with Crippen LogP contribution in [0, 0.1) is 0 Å². The van der Waals surface area contributed by atoms with Crippen molar-refractivity contribution in [2.75, 3.05) is 25.2 Å². The van der Waals surface area contributed by atoms with Crippen molar-refractivity contribution in [2.24, 2.45) is 7.05 Å². The molecule has 0 fully saturated rings. The molecule has 0 saturated heterocycles. The van der Waals surface area contributed by atoms with Crippen molar-refractivity contribution in [3.05, 3.63) is 58.9 Å². The van der Waals surface area contributed by atoms with E-state index < -0.39 is 0 Å². The number of aromatic nitrogens is 4. The number of hydrogen-bond acceptors (Lipinski definition) is 6. The van der Waals surface area contributed by atoms with Crippen molar-refractivity contribution in [1.29, 1.82) is 0 Å². The summed E-state index contributed by atoms with van der Waals surface area (Å²) in [5, 5.41) is 6.02. The number of methoxy groups -OCH3 is 1. The minimum Gasteiger partial charge on any atom is -0.383 e. The van der Waals surface area contributed by atoms with E-state index in [0.717, 1.165) is 29.5 Å². The van der Waals surface area contributed by atoms with E-state index in [-0.39, 0.29) is 5.91 Å². The number of pyridine rings is 1. The average Bonchev–Trinajstić information content (AvgIpc) is 3.37. The Hall–Kier alpha value is -3.10. The monoisotopic (exact) mass is 419 g/mol. The van der Waals surface area contributed by atoms with Gasteiger partial charge >= 0.3 is 0 Å². The van der Waals surface area contributed by atoms with E-state index >= 15 is 0 Å². The molecule has 30 heavy (non-hydrogen) atoms. The molecule has 8 heteroatoms. The lowest BCUT2D eigenvalue weighted by Crippen LogP contribution is -2.34. The van der Waals surface area contributed by atoms with E-state index in [4.69, 9.17) is 9.72 Å². The number of thiazole rings is 1. The van der Waals surface area contributed by atoms with Gasteiger partial charge in [-0.2, -0.15) is 5.10 Å². The summed E-state index contributed by atoms with van der Waals surface area (Å²) in [5.74, 6) is -0.117. The van der Waals surface area contributed by atoms with Crippen LogP contribution in [0.4, 0.5) is 5.13 Å². The fourth-order valence-electron chi connectivity index (χ4n) is 3.91. The van der Waals surface area contributed by atoms with Crippen molar-refractivity contribution in [3.63, 3.8) is 0 Å². The van der Waals surface area contributed by atoms with Crippen molar-refractivity contribution in [2.45, 2.75) is 12.8 Å². The Bertz CT molecular complexity index is 1240. The van der Waals surface area contributed by atoms with Crippen LogP contribution in [-0.4, -0.2) is 45.9 Å². The second kappa shape index (κ2) is 7.62. The van der Waals surface area contributed by atoms with E-state index in [1.165, 1.54) is 10.6 Å². The van der Waals surface area contributed by atoms with Gasteiger partial charge in [0.25, 0.3) is 5.91 Å². The molecular weight excluding hydrogens is 398 g/mol. The predicted molar refractivity (Wildman–Crippen MR) is 117 cm³/mol. The first kappa shape index (κ1) is 18.9. The lowest BCUT2D eigenvalue weighted by Gasteiger charge is -2.20. The first-order valence-corrected chi connectivity index (χ1v) is 10.6. The number of ether oxygens (including phenoxy) is 1. The number of fused-ring (bicyclic) bond motifs is 4. The Morgan fingerprint density at radius 2 is 2.13 bits per heavy atom. The van der Waals surface area contributed by atoms with E-state index in [1.54, 1.807) is 29.5 Å². The molecule has 0 unspecified atom stereocenters. The maximum absolute atomic E-state index is 13.6. The molecule has 0 spiro atoms. The highest BCUT2D eigenvalue weighted by Gasteiger charge is 2.28. The van der Waals surface area contributed by atoms with Crippen LogP contribution in [0.25, 0.3) is 22.2 Å². The number of anilines is 1. The maximum Gasteiger partial charge on any atom is 0.262 e. The van der Waals surface area contributed by atoms with E-state index in [0.29, 0.717) is 29.4 Å². The quantitative estimate of drug-likeness (QED) is 0.495. The van der Waals surface area contributed by atoms with Gasteiger partial charge in [-0.1, -0.05) is 18.2 Å². The van der Waals surface area contributed by atoms with Gasteiger partial charge in [0, 0.05) is 41.9 Å². The highest BCUT2D eigenvalue weighted by atomic mass is 32.1. The molecule has 3 aromatic heterocycles. The highest BCUT2D eigenvalue weighted by Crippen LogP contribution is 2.39. The third-order valence-corrected chi connectivity index (χ3v) is 6.59. The number of benzene rings is 1. The first-order valence-electron chi connectivity index (χ1n) is 9.83. The van der Waals surface area contributed by atoms with Crippen LogP contribution in [0.5, 0.6) is 0 Å². The van der Waals surface area contributed by atoms with Crippen LogP contribution in [0.3, 0.4) is 0 Å². The number of nitrogens with zero attached hydrogens (tertiary/aromatic N) is 5. The molecule has 1 aliphatic carbocycles. The molecule has 152 valence electrons. The molecule has 1 aromatic carbocycles. The third kappa shape index (κ3) is 3.09. The van der Waals surface area contributed by atoms with Crippen LogP contribution in [0.1, 0.15) is 20.9 Å². The van der Waals surface area contributed by atoms with Crippen molar-refractivity contribution in [3.8, 4) is 11.3 Å². The molecule has 0 saturated carbocycles. The van der Waals surface area contributed by atoms with Crippen molar-refractivity contribution < 1.29 is 9.53 Å². The second-order valence-corrected chi connectivity index (χ2v) is 8.29. The minimum atomic E-state index is -0.117. The zero-order valence-corrected chi connectivity index (χ0v) is 17.6. The van der Waals surface area contributed by atoms with Gasteiger partial charge in [-0.05, 0) is 25.0 Å². The van der Waals surface area contributed by atoms with E-state index in [1.807, 2.05) is 48.3 Å². The van der Waals surface area contributed by atoms with Crippen molar-refractivity contribution in [1.82, 2.24) is 19.7 Å². The van der Waals surface area contributed by atoms with E-state index in [9.17, 15) is 4.79 Å². The third-order valence-electron chi connectivity index (χ3n) is 5.45. The fraction of sp³-hybridized carbons (Fsp3) is 0.273. The van der Waals surface area contributed by atoms with Gasteiger partial charge in [0.15, 0.2) is 5.13 Å². The molecule has 0 atom stereocenters. The summed E-state index contributed by atoms with van der Waals surface area (Å²) in [6.45, 7) is 0.844. The number of rotatable bonds is 5. The Labute approximate surface area is 177 Å². The van der Waals surface area contributed by atoms with Crippen LogP contribution in [0.15, 0.2) is 42.7 Å². The van der Waals surface area contributed by atoms with Crippen LogP contribution in [-0.2, 0) is 24.6 Å². The van der Waals surface area contributed by atoms with Gasteiger partial charge in [-0.25, -0.2) is 4.98 Å². The number of aryl methyl sites for hydroxylation is 2. The summed E-state index contributed by atoms with van der Waals surface area (Å²) < 4.78 is 7.19. The molecule has 5 rings (SSSR count). The summed E-state index contributed by atoms with van der Waals surface area (Å²) in [5.41, 5.74) is 4.46. The predicted octanol–water partition coefficient (Wildman–Crippen LogP) is 3.48. The number of amides is 1. The largest absolute Gasteiger partial charge is 0.383 e. The SMILES string of the molecule is COCCN(C(=O)c1cccc2cccnc12)c1nc2c(s1)CCc1c-2cnn1C. The number of hydrogen-bond donors (Lipinski definition) is 0. The molecule has 1 aliphatic rings. The van der Waals surface area contributed by atoms with Gasteiger partial charge in [-0.15, -0.1) is 11.3 Å². The summed E-state index contributed by atoms with van der Waals surface area (Å²) in [4.78, 5) is 25.8. The fourth-order valence-corrected chi connectivity index (χ4v) is 5.01. The minimum absolute atomic E-state index is 0.117. The van der Waals surface area contributed by atoms with Gasteiger partial charge in [0.05, 0.1) is 36.1 Å². The second-order valence-electron chi connectivity index (χ2n) is 7.23. The molecule has 0 radical (unpaired) electrons. The average molecular weight is 420 g/mol. The summed E-state index contributed by atoms with van der Waals surface area (Å²) in [6, 6.07) is 9.51. The van der Waals surface area contributed by atoms with Crippen LogP contribution < -0.4 is 4.90 Å². The maximum atomic E-state index is 13.6. The van der Waals surface area contributed by atoms with E-state index in [2.05, 4.69) is 10.1 Å². The Morgan fingerprint density at radius 3 is 3.00 bits per heavy atom. The lowest BCUT2D eigenvalue weighted by atomic mass is 10.0. The molecule has 4 aromatic rings. The van der Waals surface area contributed by atoms with Crippen LogP contribution >= 0.6 is 11.3 Å². The van der Waals surface area contributed by atoms with Gasteiger partial charge in [-0.3, -0.25) is 19.4 Å². The molecule has 7 nitrogen and oxygen atoms in total. The molecule has 1 amide bonds. The summed E-state index contributed by atoms with van der Waals surface area (Å²) in [6.07, 6.45) is 5.42. The summed E-state index contributed by atoms with van der Waals surface area (Å²) >= 11 is 1.58. The Kier molecular flexibility index (Phi) is 4.80. The van der Waals surface area contributed by atoms with Gasteiger partial charge < -0.3 is 4.74 Å². The summed E-state index contributed by atoms with van der Waals surface area (Å²) in [7, 11) is 3.59. The normalized spacial score (nSPS) is 12.6. The highest BCUT2D eigenvalue weighted by molar-refractivity contribution is 7.16. The molecule has 0 bridgehead atoms. The lowest BCUT2D eigenvalue weighted by molar-refractivity contribution is 0.0977. The first-order chi connectivity index (χ1) is 14.7. The number of carbonyl (C=O) groups excluding carboxylic acids is 1. The number of carbonyl (C=O) groups is 1. The molecule has 0 aliphatic heterocycles. The Balaban J connectivity index is 1.57. The van der Waals surface area contributed by atoms with Gasteiger partial charge in [0.1, 0.15) is 0 Å². The molecule has 3 heterocycles.